The van der Waals surface area contributed by atoms with E-state index in [1.54, 1.807) is 0 Å². The average molecular weight is 373 g/mol. The van der Waals surface area contributed by atoms with E-state index in [-0.39, 0.29) is 0 Å². The Labute approximate surface area is 126 Å². The van der Waals surface area contributed by atoms with Crippen LogP contribution in [0.15, 0.2) is 48.5 Å². The van der Waals surface area contributed by atoms with E-state index in [4.69, 9.17) is 11.6 Å². The highest BCUT2D eigenvalue weighted by atomic mass is 127. The maximum Gasteiger partial charge on any atom is 0.114 e. The minimum absolute atomic E-state index is 0.620. The Morgan fingerprint density at radius 1 is 1.00 bits per heavy atom. The van der Waals surface area contributed by atoms with Crippen molar-refractivity contribution < 1.29 is 5.11 Å². The van der Waals surface area contributed by atoms with Gasteiger partial charge in [0.15, 0.2) is 0 Å². The van der Waals surface area contributed by atoms with Gasteiger partial charge in [-0.05, 0) is 64.4 Å². The lowest BCUT2D eigenvalue weighted by atomic mass is 9.84. The molecule has 1 nitrogen and oxygen atoms in total. The van der Waals surface area contributed by atoms with Crippen LogP contribution in [0.2, 0.25) is 5.02 Å². The van der Waals surface area contributed by atoms with Gasteiger partial charge in [0.05, 0.1) is 0 Å². The standard InChI is InChI=1S/C15H14ClIO/c1-2-15(18,11-3-7-13(16)8-4-11)12-5-9-14(17)10-6-12/h3-10,18H,2H2,1H3. The highest BCUT2D eigenvalue weighted by Gasteiger charge is 2.29. The summed E-state index contributed by atoms with van der Waals surface area (Å²) < 4.78 is 1.16. The molecule has 0 saturated heterocycles. The zero-order valence-electron chi connectivity index (χ0n) is 10.0. The summed E-state index contributed by atoms with van der Waals surface area (Å²) >= 11 is 8.15. The van der Waals surface area contributed by atoms with Gasteiger partial charge in [0, 0.05) is 8.59 Å². The Morgan fingerprint density at radius 2 is 1.44 bits per heavy atom. The first-order valence-corrected chi connectivity index (χ1v) is 7.26. The predicted molar refractivity (Wildman–Crippen MR) is 83.9 cm³/mol. The molecule has 18 heavy (non-hydrogen) atoms. The molecule has 3 heteroatoms. The number of hydrogen-bond donors (Lipinski definition) is 1. The quantitative estimate of drug-likeness (QED) is 0.781. The fraction of sp³-hybridized carbons (Fsp3) is 0.200. The number of benzene rings is 2. The second kappa shape index (κ2) is 5.59. The molecule has 0 amide bonds. The molecule has 0 aliphatic carbocycles. The summed E-state index contributed by atoms with van der Waals surface area (Å²) in [5.41, 5.74) is 0.831. The van der Waals surface area contributed by atoms with Crippen LogP contribution in [-0.4, -0.2) is 5.11 Å². The van der Waals surface area contributed by atoms with Crippen LogP contribution in [0.5, 0.6) is 0 Å². The van der Waals surface area contributed by atoms with Gasteiger partial charge in [0.2, 0.25) is 0 Å². The second-order valence-corrected chi connectivity index (χ2v) is 5.91. The third kappa shape index (κ3) is 2.71. The minimum Gasteiger partial charge on any atom is -0.380 e. The molecule has 2 aromatic rings. The molecular weight excluding hydrogens is 359 g/mol. The van der Waals surface area contributed by atoms with E-state index in [9.17, 15) is 5.11 Å². The van der Waals surface area contributed by atoms with Crippen molar-refractivity contribution in [1.29, 1.82) is 0 Å². The van der Waals surface area contributed by atoms with E-state index < -0.39 is 5.60 Å². The molecule has 2 rings (SSSR count). The summed E-state index contributed by atoms with van der Waals surface area (Å²) in [5.74, 6) is 0. The molecule has 0 saturated carbocycles. The predicted octanol–water partition coefficient (Wildman–Crippen LogP) is 4.59. The average Bonchev–Trinajstić information content (AvgIpc) is 2.39. The van der Waals surface area contributed by atoms with Crippen molar-refractivity contribution in [3.63, 3.8) is 0 Å². The largest absolute Gasteiger partial charge is 0.380 e. The highest BCUT2D eigenvalue weighted by Crippen LogP contribution is 2.33. The molecule has 2 aromatic carbocycles. The van der Waals surface area contributed by atoms with Gasteiger partial charge in [-0.2, -0.15) is 0 Å². The van der Waals surface area contributed by atoms with Crippen LogP contribution in [-0.2, 0) is 5.60 Å². The van der Waals surface area contributed by atoms with Gasteiger partial charge >= 0.3 is 0 Å². The lowest BCUT2D eigenvalue weighted by Gasteiger charge is -2.28. The van der Waals surface area contributed by atoms with E-state index in [0.717, 1.165) is 14.7 Å². The first-order valence-electron chi connectivity index (χ1n) is 5.80. The zero-order valence-corrected chi connectivity index (χ0v) is 12.9. The van der Waals surface area contributed by atoms with Crippen LogP contribution in [0, 0.1) is 3.57 Å². The molecule has 1 atom stereocenters. The van der Waals surface area contributed by atoms with Crippen LogP contribution < -0.4 is 0 Å². The van der Waals surface area contributed by atoms with Crippen LogP contribution in [0.25, 0.3) is 0 Å². The molecule has 0 aromatic heterocycles. The molecule has 0 aliphatic rings. The van der Waals surface area contributed by atoms with Crippen molar-refractivity contribution in [2.75, 3.05) is 0 Å². The number of halogens is 2. The molecule has 0 heterocycles. The van der Waals surface area contributed by atoms with Gasteiger partial charge in [0.1, 0.15) is 5.60 Å². The number of hydrogen-bond acceptors (Lipinski definition) is 1. The summed E-state index contributed by atoms with van der Waals surface area (Å²) in [6, 6.07) is 15.3. The molecule has 0 aliphatic heterocycles. The lowest BCUT2D eigenvalue weighted by Crippen LogP contribution is -2.26. The Kier molecular flexibility index (Phi) is 4.30. The molecule has 0 spiro atoms. The van der Waals surface area contributed by atoms with Crippen LogP contribution >= 0.6 is 34.2 Å². The summed E-state index contributed by atoms with van der Waals surface area (Å²) in [6.45, 7) is 1.98. The van der Waals surface area contributed by atoms with Crippen molar-refractivity contribution in [2.24, 2.45) is 0 Å². The zero-order chi connectivity index (χ0) is 13.2. The molecule has 94 valence electrons. The van der Waals surface area contributed by atoms with Gasteiger partial charge in [0.25, 0.3) is 0 Å². The van der Waals surface area contributed by atoms with Gasteiger partial charge in [-0.25, -0.2) is 0 Å². The highest BCUT2D eigenvalue weighted by molar-refractivity contribution is 14.1. The third-order valence-corrected chi connectivity index (χ3v) is 4.13. The smallest absolute Gasteiger partial charge is 0.114 e. The summed E-state index contributed by atoms with van der Waals surface area (Å²) in [6.07, 6.45) is 0.620. The molecule has 1 N–H and O–H groups in total. The molecule has 1 unspecified atom stereocenters. The maximum atomic E-state index is 10.9. The van der Waals surface area contributed by atoms with Crippen LogP contribution in [0.3, 0.4) is 0 Å². The molecule has 0 bridgehead atoms. The van der Waals surface area contributed by atoms with Gasteiger partial charge < -0.3 is 5.11 Å². The fourth-order valence-electron chi connectivity index (χ4n) is 2.03. The van der Waals surface area contributed by atoms with Crippen LogP contribution in [0.1, 0.15) is 24.5 Å². The summed E-state index contributed by atoms with van der Waals surface area (Å²) in [7, 11) is 0. The molecule has 0 fully saturated rings. The van der Waals surface area contributed by atoms with E-state index in [0.29, 0.717) is 11.4 Å². The second-order valence-electron chi connectivity index (χ2n) is 4.23. The normalized spacial score (nSPS) is 14.2. The Bertz CT molecular complexity index is 474. The summed E-state index contributed by atoms with van der Waals surface area (Å²) in [4.78, 5) is 0. The van der Waals surface area contributed by atoms with Crippen LogP contribution in [0.4, 0.5) is 0 Å². The monoisotopic (exact) mass is 372 g/mol. The van der Waals surface area contributed by atoms with Crippen molar-refractivity contribution in [2.45, 2.75) is 18.9 Å². The van der Waals surface area contributed by atoms with Gasteiger partial charge in [-0.3, -0.25) is 0 Å². The molecule has 0 radical (unpaired) electrons. The van der Waals surface area contributed by atoms with E-state index in [1.807, 2.05) is 55.5 Å². The van der Waals surface area contributed by atoms with Gasteiger partial charge in [-0.15, -0.1) is 0 Å². The topological polar surface area (TPSA) is 20.2 Å². The Hall–Kier alpha value is -0.580. The van der Waals surface area contributed by atoms with Crippen molar-refractivity contribution in [3.8, 4) is 0 Å². The summed E-state index contributed by atoms with van der Waals surface area (Å²) in [5, 5.41) is 11.6. The van der Waals surface area contributed by atoms with E-state index in [2.05, 4.69) is 22.6 Å². The lowest BCUT2D eigenvalue weighted by molar-refractivity contribution is 0.0765. The molecular formula is C15H14ClIO. The first-order chi connectivity index (χ1) is 8.56. The number of aliphatic hydroxyl groups is 1. The SMILES string of the molecule is CCC(O)(c1ccc(Cl)cc1)c1ccc(I)cc1. The van der Waals surface area contributed by atoms with E-state index in [1.165, 1.54) is 0 Å². The van der Waals surface area contributed by atoms with E-state index >= 15 is 0 Å². The number of rotatable bonds is 3. The maximum absolute atomic E-state index is 10.9. The first kappa shape index (κ1) is 13.8. The Balaban J connectivity index is 2.47. The minimum atomic E-state index is -0.949. The van der Waals surface area contributed by atoms with Gasteiger partial charge in [-0.1, -0.05) is 42.8 Å². The third-order valence-electron chi connectivity index (χ3n) is 3.16. The van der Waals surface area contributed by atoms with Crippen molar-refractivity contribution >= 4 is 34.2 Å². The van der Waals surface area contributed by atoms with Crippen molar-refractivity contribution in [1.82, 2.24) is 0 Å². The Morgan fingerprint density at radius 3 is 1.89 bits per heavy atom. The van der Waals surface area contributed by atoms with Crippen molar-refractivity contribution in [3.05, 3.63) is 68.3 Å². The fourth-order valence-corrected chi connectivity index (χ4v) is 2.51.